The van der Waals surface area contributed by atoms with Gasteiger partial charge >= 0.3 is 5.97 Å². The fourth-order valence-corrected chi connectivity index (χ4v) is 3.27. The average molecular weight is 283 g/mol. The van der Waals surface area contributed by atoms with Gasteiger partial charge in [-0.3, -0.25) is 4.79 Å². The molecule has 1 amide bonds. The average Bonchev–Trinajstić information content (AvgIpc) is 2.19. The van der Waals surface area contributed by atoms with Gasteiger partial charge in [0.2, 0.25) is 5.91 Å². The number of amides is 1. The number of carbonyl (C=O) groups is 2. The molecule has 1 N–H and O–H groups in total. The second-order valence-electron chi connectivity index (χ2n) is 3.48. The van der Waals surface area contributed by atoms with Gasteiger partial charge in [-0.2, -0.15) is 11.8 Å². The fourth-order valence-electron chi connectivity index (χ4n) is 0.968. The molecule has 0 aliphatic carbocycles. The highest BCUT2D eigenvalue weighted by molar-refractivity contribution is 8.00. The first-order valence-electron chi connectivity index (χ1n) is 4.86. The summed E-state index contributed by atoms with van der Waals surface area (Å²) in [6, 6.07) is -0.734. The number of nitrogens with one attached hydrogen (secondary N) is 1. The van der Waals surface area contributed by atoms with Crippen LogP contribution in [0.4, 0.5) is 0 Å². The highest BCUT2D eigenvalue weighted by Crippen LogP contribution is 2.05. The van der Waals surface area contributed by atoms with Crippen molar-refractivity contribution in [1.29, 1.82) is 0 Å². The van der Waals surface area contributed by atoms with Gasteiger partial charge in [0.05, 0.1) is 12.9 Å². The SMILES string of the molecule is COC(=O)C(CSCCS(C)(=O)=O)NC(C)=O. The van der Waals surface area contributed by atoms with Crippen molar-refractivity contribution >= 4 is 33.5 Å². The normalized spacial score (nSPS) is 12.9. The van der Waals surface area contributed by atoms with Gasteiger partial charge in [0.15, 0.2) is 0 Å². The molecule has 6 nitrogen and oxygen atoms in total. The summed E-state index contributed by atoms with van der Waals surface area (Å²) in [5, 5.41) is 2.44. The number of rotatable bonds is 7. The predicted molar refractivity (Wildman–Crippen MR) is 66.7 cm³/mol. The van der Waals surface area contributed by atoms with Crippen molar-refractivity contribution in [3.05, 3.63) is 0 Å². The number of hydrogen-bond acceptors (Lipinski definition) is 6. The highest BCUT2D eigenvalue weighted by atomic mass is 32.2. The third-order valence-electron chi connectivity index (χ3n) is 1.75. The molecule has 0 fully saturated rings. The lowest BCUT2D eigenvalue weighted by Gasteiger charge is -2.14. The van der Waals surface area contributed by atoms with Gasteiger partial charge in [0.1, 0.15) is 15.9 Å². The van der Waals surface area contributed by atoms with Crippen LogP contribution >= 0.6 is 11.8 Å². The fraction of sp³-hybridized carbons (Fsp3) is 0.778. The van der Waals surface area contributed by atoms with Gasteiger partial charge < -0.3 is 10.1 Å². The molecule has 0 radical (unpaired) electrons. The van der Waals surface area contributed by atoms with Crippen molar-refractivity contribution < 1.29 is 22.7 Å². The van der Waals surface area contributed by atoms with Gasteiger partial charge in [-0.15, -0.1) is 0 Å². The number of methoxy groups -OCH3 is 1. The quantitative estimate of drug-likeness (QED) is 0.498. The monoisotopic (exact) mass is 283 g/mol. The van der Waals surface area contributed by atoms with Crippen LogP contribution in [0.3, 0.4) is 0 Å². The molecule has 0 bridgehead atoms. The van der Waals surface area contributed by atoms with Crippen LogP contribution in [0.5, 0.6) is 0 Å². The molecule has 0 saturated carbocycles. The van der Waals surface area contributed by atoms with Gasteiger partial charge in [0, 0.05) is 24.7 Å². The van der Waals surface area contributed by atoms with Crippen LogP contribution in [0.2, 0.25) is 0 Å². The van der Waals surface area contributed by atoms with Crippen molar-refractivity contribution in [1.82, 2.24) is 5.32 Å². The second kappa shape index (κ2) is 7.54. The zero-order valence-electron chi connectivity index (χ0n) is 10.1. The second-order valence-corrected chi connectivity index (χ2v) is 6.89. The third-order valence-corrected chi connectivity index (χ3v) is 4.01. The first-order chi connectivity index (χ1) is 7.76. The third kappa shape index (κ3) is 8.99. The summed E-state index contributed by atoms with van der Waals surface area (Å²) in [6.07, 6.45) is 1.15. The van der Waals surface area contributed by atoms with E-state index in [9.17, 15) is 18.0 Å². The van der Waals surface area contributed by atoms with E-state index in [2.05, 4.69) is 10.1 Å². The smallest absolute Gasteiger partial charge is 0.329 e. The molecule has 0 aromatic carbocycles. The maximum Gasteiger partial charge on any atom is 0.329 e. The Morgan fingerprint density at radius 1 is 1.41 bits per heavy atom. The number of hydrogen-bond donors (Lipinski definition) is 1. The zero-order chi connectivity index (χ0) is 13.5. The number of sulfone groups is 1. The molecule has 100 valence electrons. The molecular formula is C9H17NO5S2. The van der Waals surface area contributed by atoms with Crippen molar-refractivity contribution in [2.75, 3.05) is 30.6 Å². The first kappa shape index (κ1) is 16.2. The standard InChI is InChI=1S/C9H17NO5S2/c1-7(11)10-8(9(12)15-2)6-16-4-5-17(3,13)14/h8H,4-6H2,1-3H3,(H,10,11). The molecule has 17 heavy (non-hydrogen) atoms. The van der Waals surface area contributed by atoms with E-state index in [0.29, 0.717) is 11.5 Å². The predicted octanol–water partition coefficient (Wildman–Crippen LogP) is -0.558. The number of ether oxygens (including phenoxy) is 1. The minimum absolute atomic E-state index is 0.0473. The molecule has 0 saturated heterocycles. The molecule has 0 aromatic heterocycles. The molecule has 0 rings (SSSR count). The summed E-state index contributed by atoms with van der Waals surface area (Å²) in [5.41, 5.74) is 0. The number of esters is 1. The van der Waals surface area contributed by atoms with Crippen LogP contribution in [0.15, 0.2) is 0 Å². The van der Waals surface area contributed by atoms with E-state index in [1.165, 1.54) is 25.8 Å². The van der Waals surface area contributed by atoms with Gasteiger partial charge in [-0.05, 0) is 0 Å². The molecule has 0 heterocycles. The largest absolute Gasteiger partial charge is 0.467 e. The van der Waals surface area contributed by atoms with E-state index in [4.69, 9.17) is 0 Å². The molecule has 1 unspecified atom stereocenters. The Bertz CT molecular complexity index is 366. The van der Waals surface area contributed by atoms with Crippen molar-refractivity contribution in [2.45, 2.75) is 13.0 Å². The van der Waals surface area contributed by atoms with Crippen LogP contribution in [0.1, 0.15) is 6.92 Å². The Morgan fingerprint density at radius 2 is 2.00 bits per heavy atom. The number of thioether (sulfide) groups is 1. The number of carbonyl (C=O) groups excluding carboxylic acids is 2. The minimum atomic E-state index is -3.00. The molecule has 0 aliphatic rings. The van der Waals surface area contributed by atoms with Gasteiger partial charge in [-0.25, -0.2) is 13.2 Å². The van der Waals surface area contributed by atoms with Crippen LogP contribution in [0.25, 0.3) is 0 Å². The highest BCUT2D eigenvalue weighted by Gasteiger charge is 2.19. The molecule has 0 aromatic rings. The van der Waals surface area contributed by atoms with Crippen LogP contribution in [-0.2, 0) is 24.2 Å². The summed E-state index contributed by atoms with van der Waals surface area (Å²) < 4.78 is 26.3. The summed E-state index contributed by atoms with van der Waals surface area (Å²) in [5.74, 6) is -0.143. The summed E-state index contributed by atoms with van der Waals surface area (Å²) in [7, 11) is -1.76. The molecule has 8 heteroatoms. The Labute approximate surface area is 105 Å². The first-order valence-corrected chi connectivity index (χ1v) is 8.08. The van der Waals surface area contributed by atoms with E-state index in [-0.39, 0.29) is 11.7 Å². The summed E-state index contributed by atoms with van der Waals surface area (Å²) in [6.45, 7) is 1.30. The Kier molecular flexibility index (Phi) is 7.21. The van der Waals surface area contributed by atoms with E-state index >= 15 is 0 Å². The van der Waals surface area contributed by atoms with Crippen molar-refractivity contribution in [3.63, 3.8) is 0 Å². The topological polar surface area (TPSA) is 89.5 Å². The Hall–Kier alpha value is -0.760. The minimum Gasteiger partial charge on any atom is -0.467 e. The van der Waals surface area contributed by atoms with E-state index < -0.39 is 21.8 Å². The Morgan fingerprint density at radius 3 is 2.41 bits per heavy atom. The van der Waals surface area contributed by atoms with E-state index in [1.807, 2.05) is 0 Å². The van der Waals surface area contributed by atoms with Crippen LogP contribution in [0, 0.1) is 0 Å². The molecule has 0 spiro atoms. The lowest BCUT2D eigenvalue weighted by Crippen LogP contribution is -2.42. The summed E-state index contributed by atoms with van der Waals surface area (Å²) >= 11 is 1.28. The molecule has 1 atom stereocenters. The maximum absolute atomic E-state index is 11.3. The van der Waals surface area contributed by atoms with Crippen LogP contribution < -0.4 is 5.32 Å². The maximum atomic E-state index is 11.3. The van der Waals surface area contributed by atoms with Crippen molar-refractivity contribution in [3.8, 4) is 0 Å². The van der Waals surface area contributed by atoms with Crippen LogP contribution in [-0.4, -0.2) is 57.0 Å². The van der Waals surface area contributed by atoms with Gasteiger partial charge in [-0.1, -0.05) is 0 Å². The van der Waals surface area contributed by atoms with Gasteiger partial charge in [0.25, 0.3) is 0 Å². The Balaban J connectivity index is 4.09. The van der Waals surface area contributed by atoms with Crippen molar-refractivity contribution in [2.24, 2.45) is 0 Å². The summed E-state index contributed by atoms with van der Waals surface area (Å²) in [4.78, 5) is 22.1. The molecule has 0 aliphatic heterocycles. The van der Waals surface area contributed by atoms with E-state index in [1.54, 1.807) is 0 Å². The van der Waals surface area contributed by atoms with E-state index in [0.717, 1.165) is 6.26 Å². The lowest BCUT2D eigenvalue weighted by atomic mass is 10.3. The molecular weight excluding hydrogens is 266 g/mol. The zero-order valence-corrected chi connectivity index (χ0v) is 11.7. The lowest BCUT2D eigenvalue weighted by molar-refractivity contribution is -0.144.